The van der Waals surface area contributed by atoms with Gasteiger partial charge in [0.15, 0.2) is 11.6 Å². The van der Waals surface area contributed by atoms with Crippen LogP contribution in [0.15, 0.2) is 18.2 Å². The van der Waals surface area contributed by atoms with E-state index in [4.69, 9.17) is 0 Å². The number of nitrogens with one attached hydrogen (secondary N) is 1. The van der Waals surface area contributed by atoms with E-state index in [1.165, 1.54) is 0 Å². The lowest BCUT2D eigenvalue weighted by atomic mass is 10.0. The number of rotatable bonds is 3. The first kappa shape index (κ1) is 14.4. The molecule has 2 nitrogen and oxygen atoms in total. The van der Waals surface area contributed by atoms with Gasteiger partial charge in [-0.25, -0.2) is 8.78 Å². The minimum atomic E-state index is -4.53. The van der Waals surface area contributed by atoms with Gasteiger partial charge >= 0.3 is 6.18 Å². The molecule has 0 heterocycles. The van der Waals surface area contributed by atoms with Crippen LogP contribution in [0.4, 0.5) is 22.0 Å². The quantitative estimate of drug-likeness (QED) is 0.838. The lowest BCUT2D eigenvalue weighted by Crippen LogP contribution is -2.30. The van der Waals surface area contributed by atoms with Crippen LogP contribution in [0.25, 0.3) is 0 Å². The fraction of sp³-hybridized carbons (Fsp3) is 0.364. The van der Waals surface area contributed by atoms with Crippen LogP contribution in [0.1, 0.15) is 24.9 Å². The lowest BCUT2D eigenvalue weighted by molar-refractivity contribution is -0.142. The van der Waals surface area contributed by atoms with Crippen LogP contribution in [-0.4, -0.2) is 12.1 Å². The topological polar surface area (TPSA) is 29.1 Å². The molecule has 0 bridgehead atoms. The number of amides is 1. The zero-order chi connectivity index (χ0) is 13.9. The Balaban J connectivity index is 3.01. The summed E-state index contributed by atoms with van der Waals surface area (Å²) in [7, 11) is 0. The molecule has 1 N–H and O–H groups in total. The maximum Gasteiger partial charge on any atom is 0.391 e. The molecule has 7 heteroatoms. The van der Waals surface area contributed by atoms with E-state index >= 15 is 0 Å². The highest BCUT2D eigenvalue weighted by molar-refractivity contribution is 5.73. The van der Waals surface area contributed by atoms with Gasteiger partial charge in [0.2, 0.25) is 5.91 Å². The highest BCUT2D eigenvalue weighted by Crippen LogP contribution is 2.30. The maximum absolute atomic E-state index is 12.9. The second kappa shape index (κ2) is 5.32. The summed E-state index contributed by atoms with van der Waals surface area (Å²) in [5.74, 6) is -3.11. The molecule has 0 saturated carbocycles. The standard InChI is InChI=1S/C11H10F5NO/c1-6(18)17-10(5-11(14,15)16)7-2-3-8(12)9(13)4-7/h2-4,10H,5H2,1H3,(H,17,18). The molecule has 1 aromatic carbocycles. The Labute approximate surface area is 99.8 Å². The summed E-state index contributed by atoms with van der Waals surface area (Å²) in [5.41, 5.74) is -0.138. The average molecular weight is 267 g/mol. The van der Waals surface area contributed by atoms with Gasteiger partial charge in [-0.3, -0.25) is 4.79 Å². The van der Waals surface area contributed by atoms with Crippen LogP contribution in [0.3, 0.4) is 0 Å². The van der Waals surface area contributed by atoms with Crippen molar-refractivity contribution in [1.82, 2.24) is 5.32 Å². The monoisotopic (exact) mass is 267 g/mol. The van der Waals surface area contributed by atoms with Gasteiger partial charge in [-0.2, -0.15) is 13.2 Å². The number of hydrogen-bond donors (Lipinski definition) is 1. The molecule has 0 fully saturated rings. The molecule has 1 atom stereocenters. The van der Waals surface area contributed by atoms with Crippen LogP contribution < -0.4 is 5.32 Å². The number of alkyl halides is 3. The van der Waals surface area contributed by atoms with Crippen LogP contribution in [-0.2, 0) is 4.79 Å². The predicted octanol–water partition coefficient (Wildman–Crippen LogP) is 3.09. The third-order valence-corrected chi connectivity index (χ3v) is 2.16. The first-order valence-corrected chi connectivity index (χ1v) is 4.98. The molecule has 0 aliphatic rings. The molecule has 1 rings (SSSR count). The molecule has 1 amide bonds. The molecule has 0 spiro atoms. The number of carbonyl (C=O) groups excluding carboxylic acids is 1. The Hall–Kier alpha value is -1.66. The van der Waals surface area contributed by atoms with Crippen molar-refractivity contribution in [3.63, 3.8) is 0 Å². The van der Waals surface area contributed by atoms with Crippen molar-refractivity contribution >= 4 is 5.91 Å². The molecule has 18 heavy (non-hydrogen) atoms. The van der Waals surface area contributed by atoms with E-state index in [1.54, 1.807) is 0 Å². The minimum absolute atomic E-state index is 0.138. The fourth-order valence-electron chi connectivity index (χ4n) is 1.46. The Morgan fingerprint density at radius 3 is 2.33 bits per heavy atom. The highest BCUT2D eigenvalue weighted by atomic mass is 19.4. The normalized spacial score (nSPS) is 13.2. The molecule has 100 valence electrons. The van der Waals surface area contributed by atoms with Crippen molar-refractivity contribution < 1.29 is 26.7 Å². The molecule has 0 radical (unpaired) electrons. The molecular weight excluding hydrogens is 257 g/mol. The van der Waals surface area contributed by atoms with Crippen LogP contribution in [0, 0.1) is 11.6 Å². The van der Waals surface area contributed by atoms with Gasteiger partial charge in [0, 0.05) is 6.92 Å². The second-order valence-electron chi connectivity index (χ2n) is 3.75. The molecule has 0 saturated heterocycles. The molecule has 0 aromatic heterocycles. The van der Waals surface area contributed by atoms with Crippen LogP contribution in [0.2, 0.25) is 0 Å². The van der Waals surface area contributed by atoms with Gasteiger partial charge in [-0.1, -0.05) is 6.07 Å². The van der Waals surface area contributed by atoms with Crippen molar-refractivity contribution in [3.05, 3.63) is 35.4 Å². The van der Waals surface area contributed by atoms with E-state index in [1.807, 2.05) is 0 Å². The van der Waals surface area contributed by atoms with Gasteiger partial charge in [-0.05, 0) is 17.7 Å². The van der Waals surface area contributed by atoms with Gasteiger partial charge in [0.25, 0.3) is 0 Å². The molecule has 0 aliphatic carbocycles. The highest BCUT2D eigenvalue weighted by Gasteiger charge is 2.33. The fourth-order valence-corrected chi connectivity index (χ4v) is 1.46. The van der Waals surface area contributed by atoms with Crippen molar-refractivity contribution in [3.8, 4) is 0 Å². The first-order valence-electron chi connectivity index (χ1n) is 4.98. The summed E-state index contributed by atoms with van der Waals surface area (Å²) < 4.78 is 62.5. The van der Waals surface area contributed by atoms with Crippen molar-refractivity contribution in [1.29, 1.82) is 0 Å². The SMILES string of the molecule is CC(=O)NC(CC(F)(F)F)c1ccc(F)c(F)c1. The molecule has 1 unspecified atom stereocenters. The first-order chi connectivity index (χ1) is 8.19. The third kappa shape index (κ3) is 4.31. The number of carbonyl (C=O) groups is 1. The van der Waals surface area contributed by atoms with Gasteiger partial charge in [0.05, 0.1) is 12.5 Å². The average Bonchev–Trinajstić information content (AvgIpc) is 2.18. The van der Waals surface area contributed by atoms with Crippen LogP contribution >= 0.6 is 0 Å². The van der Waals surface area contributed by atoms with E-state index in [-0.39, 0.29) is 5.56 Å². The number of benzene rings is 1. The van der Waals surface area contributed by atoms with E-state index in [2.05, 4.69) is 5.32 Å². The zero-order valence-corrected chi connectivity index (χ0v) is 9.31. The predicted molar refractivity (Wildman–Crippen MR) is 53.6 cm³/mol. The van der Waals surface area contributed by atoms with E-state index in [9.17, 15) is 26.7 Å². The number of hydrogen-bond acceptors (Lipinski definition) is 1. The van der Waals surface area contributed by atoms with Gasteiger partial charge in [0.1, 0.15) is 0 Å². The largest absolute Gasteiger partial charge is 0.391 e. The Morgan fingerprint density at radius 2 is 1.89 bits per heavy atom. The molecular formula is C11H10F5NO. The van der Waals surface area contributed by atoms with Crippen molar-refractivity contribution in [2.75, 3.05) is 0 Å². The minimum Gasteiger partial charge on any atom is -0.349 e. The summed E-state index contributed by atoms with van der Waals surface area (Å²) in [4.78, 5) is 10.8. The molecule has 0 aliphatic heterocycles. The third-order valence-electron chi connectivity index (χ3n) is 2.16. The summed E-state index contributed by atoms with van der Waals surface area (Å²) in [6, 6.07) is 0.931. The Bertz CT molecular complexity index is 444. The van der Waals surface area contributed by atoms with Crippen molar-refractivity contribution in [2.45, 2.75) is 25.6 Å². The summed E-state index contributed by atoms with van der Waals surface area (Å²) in [6.45, 7) is 1.04. The summed E-state index contributed by atoms with van der Waals surface area (Å²) >= 11 is 0. The van der Waals surface area contributed by atoms with E-state index in [0.29, 0.717) is 6.07 Å². The second-order valence-corrected chi connectivity index (χ2v) is 3.75. The smallest absolute Gasteiger partial charge is 0.349 e. The summed E-state index contributed by atoms with van der Waals surface area (Å²) in [5, 5.41) is 2.05. The Morgan fingerprint density at radius 1 is 1.28 bits per heavy atom. The lowest BCUT2D eigenvalue weighted by Gasteiger charge is -2.20. The van der Waals surface area contributed by atoms with E-state index < -0.39 is 36.2 Å². The van der Waals surface area contributed by atoms with Gasteiger partial charge < -0.3 is 5.32 Å². The zero-order valence-electron chi connectivity index (χ0n) is 9.31. The van der Waals surface area contributed by atoms with Crippen molar-refractivity contribution in [2.24, 2.45) is 0 Å². The van der Waals surface area contributed by atoms with Crippen LogP contribution in [0.5, 0.6) is 0 Å². The summed E-state index contributed by atoms with van der Waals surface area (Å²) in [6.07, 6.45) is -5.88. The maximum atomic E-state index is 12.9. The van der Waals surface area contributed by atoms with Gasteiger partial charge in [-0.15, -0.1) is 0 Å². The molecule has 1 aromatic rings. The number of halogens is 5. The van der Waals surface area contributed by atoms with E-state index in [0.717, 1.165) is 19.1 Å². The Kier molecular flexibility index (Phi) is 4.26.